The average Bonchev–Trinajstić information content (AvgIpc) is 2.84. The first kappa shape index (κ1) is 26.5. The molecule has 6 nitrogen and oxygen atoms in total. The summed E-state index contributed by atoms with van der Waals surface area (Å²) in [5.41, 5.74) is 6.01. The Balaban J connectivity index is 1.44. The lowest BCUT2D eigenvalue weighted by Gasteiger charge is -2.40. The Hall–Kier alpha value is -3.14. The topological polar surface area (TPSA) is 87.3 Å². The molecule has 3 heterocycles. The number of nitrogens with zero attached hydrogens (tertiary/aromatic N) is 2. The Bertz CT molecular complexity index is 1320. The second-order valence-corrected chi connectivity index (χ2v) is 10.5. The Kier molecular flexibility index (Phi) is 7.35. The first-order valence-electron chi connectivity index (χ1n) is 12.7. The maximum atomic E-state index is 15.2. The van der Waals surface area contributed by atoms with E-state index in [4.69, 9.17) is 15.2 Å². The largest absolute Gasteiger partial charge is 0.375 e. The Morgan fingerprint density at radius 1 is 1.11 bits per heavy atom. The van der Waals surface area contributed by atoms with Crippen molar-refractivity contribution in [2.45, 2.75) is 50.2 Å². The maximum Gasteiger partial charge on any atom is 0.185 e. The molecule has 0 unspecified atom stereocenters. The second kappa shape index (κ2) is 10.6. The molecule has 2 N–H and O–H groups in total. The molecule has 2 aliphatic rings. The molecule has 38 heavy (non-hydrogen) atoms. The molecular weight excluding hydrogens is 495 g/mol. The number of pyridine rings is 2. The normalized spacial score (nSPS) is 22.6. The molecule has 1 aliphatic heterocycles. The minimum atomic E-state index is -1.00. The van der Waals surface area contributed by atoms with Crippen LogP contribution in [0.25, 0.3) is 11.3 Å². The Labute approximate surface area is 219 Å². The summed E-state index contributed by atoms with van der Waals surface area (Å²) in [6.07, 6.45) is 6.06. The van der Waals surface area contributed by atoms with E-state index < -0.39 is 40.1 Å². The van der Waals surface area contributed by atoms with Crippen LogP contribution >= 0.6 is 0 Å². The van der Waals surface area contributed by atoms with Crippen molar-refractivity contribution >= 4 is 5.78 Å². The van der Waals surface area contributed by atoms with Crippen LogP contribution in [0.2, 0.25) is 0 Å². The minimum Gasteiger partial charge on any atom is -0.375 e. The minimum absolute atomic E-state index is 0.0262. The molecule has 0 amide bonds. The van der Waals surface area contributed by atoms with E-state index in [9.17, 15) is 9.18 Å². The van der Waals surface area contributed by atoms with Gasteiger partial charge in [0, 0.05) is 32.0 Å². The van der Waals surface area contributed by atoms with E-state index in [0.29, 0.717) is 5.92 Å². The Morgan fingerprint density at radius 3 is 2.47 bits per heavy atom. The third-order valence-corrected chi connectivity index (χ3v) is 7.71. The van der Waals surface area contributed by atoms with Crippen LogP contribution in [-0.2, 0) is 21.5 Å². The molecule has 0 bridgehead atoms. The van der Waals surface area contributed by atoms with Crippen molar-refractivity contribution in [2.24, 2.45) is 11.7 Å². The zero-order chi connectivity index (χ0) is 27.0. The molecule has 2 aromatic heterocycles. The number of ketones is 1. The maximum absolute atomic E-state index is 15.2. The predicted octanol–water partition coefficient (Wildman–Crippen LogP) is 5.09. The number of nitrogens with two attached hydrogens (primary N) is 1. The van der Waals surface area contributed by atoms with Crippen LogP contribution in [-0.4, -0.2) is 42.1 Å². The summed E-state index contributed by atoms with van der Waals surface area (Å²) in [5.74, 6) is -2.68. The summed E-state index contributed by atoms with van der Waals surface area (Å²) in [6, 6.07) is 6.42. The van der Waals surface area contributed by atoms with E-state index in [2.05, 4.69) is 16.9 Å². The van der Waals surface area contributed by atoms with Gasteiger partial charge in [0.1, 0.15) is 34.4 Å². The van der Waals surface area contributed by atoms with Gasteiger partial charge < -0.3 is 15.2 Å². The van der Waals surface area contributed by atoms with Gasteiger partial charge in [0.2, 0.25) is 0 Å². The third-order valence-electron chi connectivity index (χ3n) is 7.71. The van der Waals surface area contributed by atoms with Crippen molar-refractivity contribution in [1.82, 2.24) is 9.97 Å². The van der Waals surface area contributed by atoms with E-state index >= 15 is 8.78 Å². The SMILES string of the molecule is COC1(c2cc(F)c(-c3nc(C(=O)Cc4cnccc4[C@@H]4C[C@H](C)C[C@H](N)C4)ccc3F)c(F)c2)COC1. The van der Waals surface area contributed by atoms with Gasteiger partial charge in [0.05, 0.1) is 18.8 Å². The van der Waals surface area contributed by atoms with Crippen molar-refractivity contribution < 1.29 is 27.4 Å². The highest BCUT2D eigenvalue weighted by Crippen LogP contribution is 2.38. The Morgan fingerprint density at radius 2 is 1.84 bits per heavy atom. The predicted molar refractivity (Wildman–Crippen MR) is 135 cm³/mol. The molecule has 3 aromatic rings. The van der Waals surface area contributed by atoms with Crippen molar-refractivity contribution in [3.63, 3.8) is 0 Å². The van der Waals surface area contributed by atoms with Gasteiger partial charge in [-0.15, -0.1) is 0 Å². The van der Waals surface area contributed by atoms with Gasteiger partial charge in [0.15, 0.2) is 5.78 Å². The molecule has 0 spiro atoms. The lowest BCUT2D eigenvalue weighted by Crippen LogP contribution is -2.48. The molecule has 200 valence electrons. The number of carbonyl (C=O) groups is 1. The fourth-order valence-electron chi connectivity index (χ4n) is 5.68. The summed E-state index contributed by atoms with van der Waals surface area (Å²) in [6.45, 7) is 2.47. The summed E-state index contributed by atoms with van der Waals surface area (Å²) in [7, 11) is 1.43. The van der Waals surface area contributed by atoms with Crippen LogP contribution < -0.4 is 5.73 Å². The van der Waals surface area contributed by atoms with E-state index in [0.717, 1.165) is 48.6 Å². The summed E-state index contributed by atoms with van der Waals surface area (Å²) in [5, 5.41) is 0. The van der Waals surface area contributed by atoms with Crippen LogP contribution in [0.3, 0.4) is 0 Å². The van der Waals surface area contributed by atoms with Crippen molar-refractivity contribution in [2.75, 3.05) is 20.3 Å². The number of methoxy groups -OCH3 is 1. The van der Waals surface area contributed by atoms with Crippen LogP contribution in [0.15, 0.2) is 42.7 Å². The molecule has 9 heteroatoms. The molecule has 0 radical (unpaired) electrons. The number of rotatable bonds is 7. The van der Waals surface area contributed by atoms with Gasteiger partial charge in [-0.3, -0.25) is 9.78 Å². The monoisotopic (exact) mass is 525 g/mol. The second-order valence-electron chi connectivity index (χ2n) is 10.5. The van der Waals surface area contributed by atoms with Crippen molar-refractivity contribution in [3.05, 3.63) is 82.6 Å². The van der Waals surface area contributed by atoms with Gasteiger partial charge in [-0.1, -0.05) is 6.92 Å². The van der Waals surface area contributed by atoms with Gasteiger partial charge in [-0.2, -0.15) is 0 Å². The molecule has 2 fully saturated rings. The number of Topliss-reactive ketones (excluding diaryl/α,β-unsaturated/α-hetero) is 1. The number of hydrogen-bond acceptors (Lipinski definition) is 6. The smallest absolute Gasteiger partial charge is 0.185 e. The molecule has 1 saturated carbocycles. The number of ether oxygens (including phenoxy) is 2. The average molecular weight is 526 g/mol. The highest BCUT2D eigenvalue weighted by Gasteiger charge is 2.42. The molecule has 3 atom stereocenters. The highest BCUT2D eigenvalue weighted by molar-refractivity contribution is 5.96. The zero-order valence-electron chi connectivity index (χ0n) is 21.3. The summed E-state index contributed by atoms with van der Waals surface area (Å²) in [4.78, 5) is 21.5. The fourth-order valence-corrected chi connectivity index (χ4v) is 5.68. The quantitative estimate of drug-likeness (QED) is 0.433. The van der Waals surface area contributed by atoms with E-state index in [1.165, 1.54) is 13.2 Å². The van der Waals surface area contributed by atoms with Crippen LogP contribution in [0.4, 0.5) is 13.2 Å². The lowest BCUT2D eigenvalue weighted by atomic mass is 9.75. The first-order valence-corrected chi connectivity index (χ1v) is 12.7. The van der Waals surface area contributed by atoms with E-state index in [1.54, 1.807) is 12.4 Å². The number of carbonyl (C=O) groups excluding carboxylic acids is 1. The zero-order valence-corrected chi connectivity index (χ0v) is 21.3. The van der Waals surface area contributed by atoms with Crippen LogP contribution in [0, 0.1) is 23.4 Å². The number of benzene rings is 1. The highest BCUT2D eigenvalue weighted by atomic mass is 19.1. The van der Waals surface area contributed by atoms with E-state index in [-0.39, 0.29) is 42.9 Å². The molecule has 1 aromatic carbocycles. The van der Waals surface area contributed by atoms with Crippen molar-refractivity contribution in [1.29, 1.82) is 0 Å². The summed E-state index contributed by atoms with van der Waals surface area (Å²) >= 11 is 0. The number of hydrogen-bond donors (Lipinski definition) is 1. The van der Waals surface area contributed by atoms with Gasteiger partial charge in [-0.05, 0) is 78.1 Å². The van der Waals surface area contributed by atoms with E-state index in [1.807, 2.05) is 6.07 Å². The van der Waals surface area contributed by atoms with Crippen molar-refractivity contribution in [3.8, 4) is 11.3 Å². The van der Waals surface area contributed by atoms with Gasteiger partial charge in [0.25, 0.3) is 0 Å². The summed E-state index contributed by atoms with van der Waals surface area (Å²) < 4.78 is 55.7. The lowest BCUT2D eigenvalue weighted by molar-refractivity contribution is -0.202. The van der Waals surface area contributed by atoms with Crippen LogP contribution in [0.5, 0.6) is 0 Å². The first-order chi connectivity index (χ1) is 18.2. The number of halogens is 3. The van der Waals surface area contributed by atoms with Gasteiger partial charge in [-0.25, -0.2) is 18.2 Å². The number of aromatic nitrogens is 2. The molecule has 1 saturated heterocycles. The molecule has 1 aliphatic carbocycles. The third kappa shape index (κ3) is 4.98. The van der Waals surface area contributed by atoms with Crippen LogP contribution in [0.1, 0.15) is 59.3 Å². The van der Waals surface area contributed by atoms with Gasteiger partial charge >= 0.3 is 0 Å². The standard InChI is InChI=1S/C29H30F3N3O3/c1-16-7-17(9-20(33)8-16)21-5-6-34-13-18(21)10-26(36)25-4-3-22(30)28(35-25)27-23(31)11-19(12-24(27)32)29(37-2)14-38-15-29/h3-6,11-13,16-17,20H,7-10,14-15,33H2,1-2H3/t16-,17+,20-/m0/s1. The molecule has 5 rings (SSSR count). The molecular formula is C29H30F3N3O3. The fraction of sp³-hybridized carbons (Fsp3) is 0.414.